The van der Waals surface area contributed by atoms with Gasteiger partial charge in [-0.2, -0.15) is 0 Å². The minimum atomic E-state index is 0.676. The largest absolute Gasteiger partial charge is 0.382 e. The Morgan fingerprint density at radius 1 is 1.16 bits per heavy atom. The summed E-state index contributed by atoms with van der Waals surface area (Å²) in [7, 11) is 0. The zero-order valence-electron chi connectivity index (χ0n) is 11.9. The van der Waals surface area contributed by atoms with Crippen LogP contribution in [-0.4, -0.2) is 6.04 Å². The molecule has 3 atom stereocenters. The van der Waals surface area contributed by atoms with E-state index in [1.807, 2.05) is 0 Å². The van der Waals surface area contributed by atoms with Gasteiger partial charge in [-0.05, 0) is 49.3 Å². The second kappa shape index (κ2) is 5.81. The molecule has 0 saturated heterocycles. The van der Waals surface area contributed by atoms with Gasteiger partial charge in [0.1, 0.15) is 0 Å². The van der Waals surface area contributed by atoms with Crippen LogP contribution in [0.2, 0.25) is 0 Å². The van der Waals surface area contributed by atoms with Gasteiger partial charge in [0, 0.05) is 17.6 Å². The predicted octanol–water partition coefficient (Wildman–Crippen LogP) is 4.80. The third-order valence-corrected chi connectivity index (χ3v) is 4.74. The van der Waals surface area contributed by atoms with Gasteiger partial charge in [0.15, 0.2) is 0 Å². The van der Waals surface area contributed by atoms with Crippen LogP contribution in [0, 0.1) is 11.8 Å². The van der Waals surface area contributed by atoms with Crippen LogP contribution in [-0.2, 0) is 6.42 Å². The van der Waals surface area contributed by atoms with Crippen LogP contribution in [0.5, 0.6) is 0 Å². The highest BCUT2D eigenvalue weighted by Gasteiger charge is 2.40. The molecule has 1 nitrogen and oxygen atoms in total. The molecule has 3 unspecified atom stereocenters. The lowest BCUT2D eigenvalue weighted by atomic mass is 9.71. The number of allylic oxidation sites excluding steroid dienone is 1. The summed E-state index contributed by atoms with van der Waals surface area (Å²) in [6.45, 7) is 2.26. The fourth-order valence-electron chi connectivity index (χ4n) is 3.44. The average Bonchev–Trinajstić information content (AvgIpc) is 2.79. The van der Waals surface area contributed by atoms with Crippen molar-refractivity contribution in [2.24, 2.45) is 11.8 Å². The van der Waals surface area contributed by atoms with Gasteiger partial charge in [0.2, 0.25) is 0 Å². The lowest BCUT2D eigenvalue weighted by molar-refractivity contribution is 0.218. The number of aryl methyl sites for hydroxylation is 1. The fourth-order valence-corrected chi connectivity index (χ4v) is 3.44. The van der Waals surface area contributed by atoms with E-state index in [9.17, 15) is 0 Å². The van der Waals surface area contributed by atoms with E-state index in [1.165, 1.54) is 49.8 Å². The summed E-state index contributed by atoms with van der Waals surface area (Å²) in [4.78, 5) is 0. The molecule has 0 aliphatic heterocycles. The molecule has 1 saturated carbocycles. The molecule has 1 fully saturated rings. The van der Waals surface area contributed by atoms with Gasteiger partial charge in [0.05, 0.1) is 0 Å². The number of hydrogen-bond acceptors (Lipinski definition) is 1. The number of unbranched alkanes of at least 4 members (excludes halogenated alkanes) is 2. The molecule has 0 heterocycles. The van der Waals surface area contributed by atoms with Crippen LogP contribution in [0.4, 0.5) is 5.69 Å². The SMILES string of the molecule is CCCCCc1ccc(NC2CC3CC=CC32)cc1. The Kier molecular flexibility index (Phi) is 3.91. The van der Waals surface area contributed by atoms with Gasteiger partial charge in [0.25, 0.3) is 0 Å². The summed E-state index contributed by atoms with van der Waals surface area (Å²) in [6.07, 6.45) is 12.6. The standard InChI is InChI=1S/C18H25N/c1-2-3-4-6-14-9-11-16(12-10-14)19-18-13-15-7-5-8-17(15)18/h5,8-12,15,17-19H,2-4,6-7,13H2,1H3. The smallest absolute Gasteiger partial charge is 0.0342 e. The quantitative estimate of drug-likeness (QED) is 0.569. The molecule has 2 aliphatic rings. The maximum Gasteiger partial charge on any atom is 0.0342 e. The van der Waals surface area contributed by atoms with E-state index in [4.69, 9.17) is 0 Å². The van der Waals surface area contributed by atoms with Crippen molar-refractivity contribution in [2.45, 2.75) is 51.5 Å². The average molecular weight is 255 g/mol. The van der Waals surface area contributed by atoms with Gasteiger partial charge >= 0.3 is 0 Å². The summed E-state index contributed by atoms with van der Waals surface area (Å²) in [5.74, 6) is 1.73. The Bertz CT molecular complexity index is 432. The summed E-state index contributed by atoms with van der Waals surface area (Å²) in [5.41, 5.74) is 2.77. The van der Waals surface area contributed by atoms with Crippen LogP contribution >= 0.6 is 0 Å². The number of rotatable bonds is 6. The van der Waals surface area contributed by atoms with E-state index >= 15 is 0 Å². The Morgan fingerprint density at radius 2 is 2.00 bits per heavy atom. The first kappa shape index (κ1) is 12.8. The molecule has 1 aromatic rings. The first-order valence-corrected chi connectivity index (χ1v) is 7.89. The van der Waals surface area contributed by atoms with E-state index in [0.717, 1.165) is 11.8 Å². The molecule has 0 amide bonds. The van der Waals surface area contributed by atoms with Crippen molar-refractivity contribution >= 4 is 5.69 Å². The lowest BCUT2D eigenvalue weighted by Gasteiger charge is -2.41. The highest BCUT2D eigenvalue weighted by molar-refractivity contribution is 5.46. The molecular formula is C18H25N. The van der Waals surface area contributed by atoms with Crippen molar-refractivity contribution < 1.29 is 0 Å². The highest BCUT2D eigenvalue weighted by Crippen LogP contribution is 2.44. The molecule has 102 valence electrons. The molecule has 19 heavy (non-hydrogen) atoms. The number of nitrogens with one attached hydrogen (secondary N) is 1. The predicted molar refractivity (Wildman–Crippen MR) is 82.4 cm³/mol. The highest BCUT2D eigenvalue weighted by atomic mass is 14.9. The summed E-state index contributed by atoms with van der Waals surface area (Å²) in [5, 5.41) is 3.69. The summed E-state index contributed by atoms with van der Waals surface area (Å²) >= 11 is 0. The molecular weight excluding hydrogens is 230 g/mol. The normalized spacial score (nSPS) is 27.9. The molecule has 3 rings (SSSR count). The van der Waals surface area contributed by atoms with Crippen molar-refractivity contribution in [3.63, 3.8) is 0 Å². The summed E-state index contributed by atoms with van der Waals surface area (Å²) < 4.78 is 0. The molecule has 1 heteroatoms. The van der Waals surface area contributed by atoms with Crippen LogP contribution < -0.4 is 5.32 Å². The fraction of sp³-hybridized carbons (Fsp3) is 0.556. The Labute approximate surface area is 117 Å². The number of benzene rings is 1. The van der Waals surface area contributed by atoms with Crippen molar-refractivity contribution in [3.05, 3.63) is 42.0 Å². The van der Waals surface area contributed by atoms with E-state index < -0.39 is 0 Å². The van der Waals surface area contributed by atoms with E-state index in [2.05, 4.69) is 48.7 Å². The van der Waals surface area contributed by atoms with E-state index in [-0.39, 0.29) is 0 Å². The van der Waals surface area contributed by atoms with Gasteiger partial charge in [-0.25, -0.2) is 0 Å². The Balaban J connectivity index is 1.50. The van der Waals surface area contributed by atoms with Crippen LogP contribution in [0.25, 0.3) is 0 Å². The van der Waals surface area contributed by atoms with Crippen molar-refractivity contribution in [1.82, 2.24) is 0 Å². The third-order valence-electron chi connectivity index (χ3n) is 4.74. The Hall–Kier alpha value is -1.24. The minimum Gasteiger partial charge on any atom is -0.382 e. The van der Waals surface area contributed by atoms with Crippen molar-refractivity contribution in [3.8, 4) is 0 Å². The first-order valence-electron chi connectivity index (χ1n) is 7.89. The van der Waals surface area contributed by atoms with Gasteiger partial charge in [-0.15, -0.1) is 0 Å². The van der Waals surface area contributed by atoms with Crippen molar-refractivity contribution in [2.75, 3.05) is 5.32 Å². The number of hydrogen-bond donors (Lipinski definition) is 1. The van der Waals surface area contributed by atoms with E-state index in [0.29, 0.717) is 6.04 Å². The molecule has 0 bridgehead atoms. The zero-order valence-corrected chi connectivity index (χ0v) is 11.9. The van der Waals surface area contributed by atoms with Gasteiger partial charge in [-0.3, -0.25) is 0 Å². The molecule has 0 spiro atoms. The number of fused-ring (bicyclic) bond motifs is 1. The second-order valence-corrected chi connectivity index (χ2v) is 6.14. The maximum absolute atomic E-state index is 3.69. The molecule has 1 aromatic carbocycles. The lowest BCUT2D eigenvalue weighted by Crippen LogP contribution is -2.43. The van der Waals surface area contributed by atoms with Crippen LogP contribution in [0.1, 0.15) is 44.6 Å². The Morgan fingerprint density at radius 3 is 2.74 bits per heavy atom. The van der Waals surface area contributed by atoms with Gasteiger partial charge in [-0.1, -0.05) is 44.1 Å². The van der Waals surface area contributed by atoms with Gasteiger partial charge < -0.3 is 5.32 Å². The summed E-state index contributed by atoms with van der Waals surface area (Å²) in [6, 6.07) is 9.77. The van der Waals surface area contributed by atoms with Crippen LogP contribution in [0.3, 0.4) is 0 Å². The third kappa shape index (κ3) is 2.86. The first-order chi connectivity index (χ1) is 9.36. The monoisotopic (exact) mass is 255 g/mol. The number of anilines is 1. The van der Waals surface area contributed by atoms with Crippen molar-refractivity contribution in [1.29, 1.82) is 0 Å². The molecule has 0 aromatic heterocycles. The molecule has 1 N–H and O–H groups in total. The van der Waals surface area contributed by atoms with E-state index in [1.54, 1.807) is 0 Å². The topological polar surface area (TPSA) is 12.0 Å². The maximum atomic E-state index is 3.69. The van der Waals surface area contributed by atoms with Crippen LogP contribution in [0.15, 0.2) is 36.4 Å². The molecule has 0 radical (unpaired) electrons. The molecule has 2 aliphatic carbocycles. The minimum absolute atomic E-state index is 0.676. The second-order valence-electron chi connectivity index (χ2n) is 6.14. The zero-order chi connectivity index (χ0) is 13.1.